The van der Waals surface area contributed by atoms with Crippen molar-refractivity contribution < 1.29 is 28.6 Å². The number of alkyl carbamates (subject to hydrolysis) is 1. The standard InChI is InChI=1S/C24H36N6O6/c1-7-34-16-9-10-17(35-8-2)15-30(6)21(25-13-16)20(24(3,4)5)36-23(33)26-14-18(31)22(32)28-19-11-12-27-29-19/h9-12,20H,7-8,13-15H2,1-6H3,(H,26,33)(H2,27,28,29,32)/b16-9+,17-10+,25-21?. The van der Waals surface area contributed by atoms with Crippen LogP contribution < -0.4 is 10.6 Å². The van der Waals surface area contributed by atoms with Crippen LogP contribution in [0.15, 0.2) is 40.9 Å². The summed E-state index contributed by atoms with van der Waals surface area (Å²) in [5.41, 5.74) is -0.550. The number of ketones is 1. The molecule has 0 spiro atoms. The van der Waals surface area contributed by atoms with Gasteiger partial charge >= 0.3 is 6.09 Å². The molecule has 0 fully saturated rings. The highest BCUT2D eigenvalue weighted by molar-refractivity contribution is 6.41. The number of nitrogens with one attached hydrogen (secondary N) is 3. The molecule has 2 amide bonds. The zero-order chi connectivity index (χ0) is 26.7. The van der Waals surface area contributed by atoms with Gasteiger partial charge in [-0.2, -0.15) is 5.10 Å². The molecule has 0 saturated heterocycles. The van der Waals surface area contributed by atoms with Crippen LogP contribution in [0.2, 0.25) is 0 Å². The fourth-order valence-electron chi connectivity index (χ4n) is 3.24. The van der Waals surface area contributed by atoms with Crippen LogP contribution in [0, 0.1) is 5.41 Å². The van der Waals surface area contributed by atoms with E-state index in [-0.39, 0.29) is 12.4 Å². The van der Waals surface area contributed by atoms with E-state index in [9.17, 15) is 14.4 Å². The monoisotopic (exact) mass is 504 g/mol. The number of H-pyrrole nitrogens is 1. The molecule has 3 N–H and O–H groups in total. The Bertz CT molecular complexity index is 993. The van der Waals surface area contributed by atoms with Crippen molar-refractivity contribution in [2.45, 2.75) is 40.7 Å². The second-order valence-electron chi connectivity index (χ2n) is 9.02. The van der Waals surface area contributed by atoms with Crippen molar-refractivity contribution in [3.63, 3.8) is 0 Å². The van der Waals surface area contributed by atoms with Crippen LogP contribution in [0.25, 0.3) is 0 Å². The second-order valence-corrected chi connectivity index (χ2v) is 9.02. The zero-order valence-corrected chi connectivity index (χ0v) is 21.7. The minimum absolute atomic E-state index is 0.243. The topological polar surface area (TPSA) is 147 Å². The smallest absolute Gasteiger partial charge is 0.408 e. The van der Waals surface area contributed by atoms with Crippen LogP contribution in [-0.2, 0) is 23.8 Å². The molecule has 1 aromatic rings. The fourth-order valence-corrected chi connectivity index (χ4v) is 3.24. The van der Waals surface area contributed by atoms with E-state index in [0.717, 1.165) is 0 Å². The third-order valence-corrected chi connectivity index (χ3v) is 4.94. The Morgan fingerprint density at radius 3 is 2.42 bits per heavy atom. The van der Waals surface area contributed by atoms with Crippen molar-refractivity contribution in [1.82, 2.24) is 20.4 Å². The molecule has 1 aliphatic rings. The first-order valence-electron chi connectivity index (χ1n) is 11.7. The van der Waals surface area contributed by atoms with Crippen molar-refractivity contribution in [3.8, 4) is 0 Å². The molecular formula is C24H36N6O6. The molecule has 198 valence electrons. The van der Waals surface area contributed by atoms with Gasteiger partial charge in [-0.05, 0) is 26.0 Å². The molecule has 1 unspecified atom stereocenters. The maximum atomic E-state index is 12.7. The van der Waals surface area contributed by atoms with Crippen molar-refractivity contribution in [2.24, 2.45) is 10.4 Å². The number of nitrogens with zero attached hydrogens (tertiary/aromatic N) is 3. The van der Waals surface area contributed by atoms with Gasteiger partial charge in [-0.3, -0.25) is 19.7 Å². The van der Waals surface area contributed by atoms with Gasteiger partial charge in [0.1, 0.15) is 23.2 Å². The van der Waals surface area contributed by atoms with Gasteiger partial charge in [-0.15, -0.1) is 0 Å². The number of aromatic amines is 1. The summed E-state index contributed by atoms with van der Waals surface area (Å²) in [6.45, 7) is 10.6. The van der Waals surface area contributed by atoms with Crippen LogP contribution in [0.3, 0.4) is 0 Å². The number of likely N-dealkylation sites (N-methyl/N-ethyl adjacent to an activating group) is 1. The Kier molecular flexibility index (Phi) is 10.5. The predicted molar refractivity (Wildman–Crippen MR) is 134 cm³/mol. The van der Waals surface area contributed by atoms with Crippen molar-refractivity contribution in [1.29, 1.82) is 0 Å². The SMILES string of the molecule is CCO/C1=C/C=C(/OCC)CN(C)C(C(OC(=O)NCC(=O)C(=O)Nc2ccn[nH]2)C(C)(C)C)=NC1. The lowest BCUT2D eigenvalue weighted by atomic mass is 9.87. The van der Waals surface area contributed by atoms with E-state index < -0.39 is 35.8 Å². The van der Waals surface area contributed by atoms with Crippen LogP contribution in [0.4, 0.5) is 10.6 Å². The first-order valence-corrected chi connectivity index (χ1v) is 11.7. The summed E-state index contributed by atoms with van der Waals surface area (Å²) in [6, 6.07) is 1.49. The number of Topliss-reactive ketones (excluding diaryl/α,β-unsaturated/α-hetero) is 1. The summed E-state index contributed by atoms with van der Waals surface area (Å²) in [5, 5.41) is 10.9. The summed E-state index contributed by atoms with van der Waals surface area (Å²) < 4.78 is 17.2. The third-order valence-electron chi connectivity index (χ3n) is 4.94. The van der Waals surface area contributed by atoms with Crippen molar-refractivity contribution in [3.05, 3.63) is 35.9 Å². The predicted octanol–water partition coefficient (Wildman–Crippen LogP) is 2.24. The van der Waals surface area contributed by atoms with Crippen LogP contribution in [0.5, 0.6) is 0 Å². The van der Waals surface area contributed by atoms with Gasteiger partial charge in [0.25, 0.3) is 5.91 Å². The van der Waals surface area contributed by atoms with E-state index in [0.29, 0.717) is 37.1 Å². The van der Waals surface area contributed by atoms with Gasteiger partial charge in [0.15, 0.2) is 6.10 Å². The Labute approximate surface area is 211 Å². The van der Waals surface area contributed by atoms with E-state index in [1.54, 1.807) is 0 Å². The minimum atomic E-state index is -0.891. The molecule has 1 atom stereocenters. The highest BCUT2D eigenvalue weighted by Gasteiger charge is 2.36. The number of anilines is 1. The van der Waals surface area contributed by atoms with Crippen LogP contribution in [-0.4, -0.2) is 84.7 Å². The average molecular weight is 505 g/mol. The largest absolute Gasteiger partial charge is 0.496 e. The van der Waals surface area contributed by atoms with Gasteiger partial charge in [-0.1, -0.05) is 20.8 Å². The maximum Gasteiger partial charge on any atom is 0.408 e. The molecule has 0 aliphatic carbocycles. The summed E-state index contributed by atoms with van der Waals surface area (Å²) in [5.74, 6) is 0.401. The Balaban J connectivity index is 2.14. The van der Waals surface area contributed by atoms with E-state index in [1.165, 1.54) is 12.3 Å². The van der Waals surface area contributed by atoms with Gasteiger partial charge in [0, 0.05) is 18.5 Å². The molecule has 2 rings (SSSR count). The van der Waals surface area contributed by atoms with Crippen LogP contribution >= 0.6 is 0 Å². The van der Waals surface area contributed by atoms with Gasteiger partial charge in [0.05, 0.1) is 39.0 Å². The second kappa shape index (κ2) is 13.3. The summed E-state index contributed by atoms with van der Waals surface area (Å²) in [6.07, 6.45) is 3.48. The number of carbonyl (C=O) groups is 3. The minimum Gasteiger partial charge on any atom is -0.496 e. The number of hydrogen-bond donors (Lipinski definition) is 3. The summed E-state index contributed by atoms with van der Waals surface area (Å²) >= 11 is 0. The lowest BCUT2D eigenvalue weighted by Gasteiger charge is -2.35. The van der Waals surface area contributed by atoms with Gasteiger partial charge in [0.2, 0.25) is 5.78 Å². The lowest BCUT2D eigenvalue weighted by Crippen LogP contribution is -2.49. The van der Waals surface area contributed by atoms with Crippen LogP contribution in [0.1, 0.15) is 34.6 Å². The van der Waals surface area contributed by atoms with Crippen molar-refractivity contribution >= 4 is 29.4 Å². The molecule has 1 aromatic heterocycles. The highest BCUT2D eigenvalue weighted by Crippen LogP contribution is 2.26. The average Bonchev–Trinajstić information content (AvgIpc) is 3.33. The molecular weight excluding hydrogens is 468 g/mol. The Morgan fingerprint density at radius 1 is 1.14 bits per heavy atom. The molecule has 1 aliphatic heterocycles. The maximum absolute atomic E-state index is 12.7. The normalized spacial score (nSPS) is 18.1. The number of hydrogen-bond acceptors (Lipinski definition) is 9. The van der Waals surface area contributed by atoms with Gasteiger partial charge < -0.3 is 29.7 Å². The lowest BCUT2D eigenvalue weighted by molar-refractivity contribution is -0.134. The molecule has 36 heavy (non-hydrogen) atoms. The number of aliphatic imine (C=N–C) groups is 1. The zero-order valence-electron chi connectivity index (χ0n) is 21.7. The summed E-state index contributed by atoms with van der Waals surface area (Å²) in [4.78, 5) is 43.4. The molecule has 0 radical (unpaired) electrons. The van der Waals surface area contributed by atoms with E-state index >= 15 is 0 Å². The summed E-state index contributed by atoms with van der Waals surface area (Å²) in [7, 11) is 1.83. The fraction of sp³-hybridized carbons (Fsp3) is 0.542. The van der Waals surface area contributed by atoms with E-state index in [1.807, 2.05) is 58.7 Å². The molecule has 0 bridgehead atoms. The number of ether oxygens (including phenoxy) is 3. The number of rotatable bonds is 10. The number of aromatic nitrogens is 2. The Morgan fingerprint density at radius 2 is 1.81 bits per heavy atom. The number of amidine groups is 1. The van der Waals surface area contributed by atoms with E-state index in [4.69, 9.17) is 19.2 Å². The van der Waals surface area contributed by atoms with E-state index in [2.05, 4.69) is 20.8 Å². The Hall–Kier alpha value is -3.83. The quantitative estimate of drug-likeness (QED) is 0.411. The number of carbonyl (C=O) groups excluding carboxylic acids is 3. The molecule has 12 heteroatoms. The first-order chi connectivity index (χ1) is 17.0. The highest BCUT2D eigenvalue weighted by atomic mass is 16.6. The molecule has 12 nitrogen and oxygen atoms in total. The molecule has 0 aromatic carbocycles. The molecule has 0 saturated carbocycles. The third kappa shape index (κ3) is 8.75. The first kappa shape index (κ1) is 28.4. The van der Waals surface area contributed by atoms with Crippen molar-refractivity contribution in [2.75, 3.05) is 45.2 Å². The van der Waals surface area contributed by atoms with Gasteiger partial charge in [-0.25, -0.2) is 4.79 Å². The number of amides is 2. The number of allylic oxidation sites excluding steroid dienone is 2. The molecule has 2 heterocycles.